The molecular formula is C13H21N. The lowest BCUT2D eigenvalue weighted by Crippen LogP contribution is -2.05. The number of rotatable bonds is 2. The van der Waals surface area contributed by atoms with Gasteiger partial charge in [-0.05, 0) is 56.7 Å². The molecule has 1 aromatic heterocycles. The Kier molecular flexibility index (Phi) is 3.30. The molecule has 0 aliphatic carbocycles. The first-order valence-corrected chi connectivity index (χ1v) is 5.43. The highest BCUT2D eigenvalue weighted by Gasteiger charge is 2.12. The number of hydrogen-bond donors (Lipinski definition) is 0. The minimum atomic E-state index is 0.577. The molecule has 0 fully saturated rings. The van der Waals surface area contributed by atoms with Crippen LogP contribution in [0.4, 0.5) is 0 Å². The van der Waals surface area contributed by atoms with E-state index in [9.17, 15) is 0 Å². The maximum absolute atomic E-state index is 4.70. The molecule has 0 N–H and O–H groups in total. The summed E-state index contributed by atoms with van der Waals surface area (Å²) in [6, 6.07) is 0. The van der Waals surface area contributed by atoms with Crippen LogP contribution in [-0.4, -0.2) is 4.98 Å². The summed E-state index contributed by atoms with van der Waals surface area (Å²) in [5.41, 5.74) is 6.60. The lowest BCUT2D eigenvalue weighted by Gasteiger charge is -2.17. The van der Waals surface area contributed by atoms with Crippen molar-refractivity contribution < 1.29 is 0 Å². The molecule has 1 unspecified atom stereocenters. The molecule has 14 heavy (non-hydrogen) atoms. The third kappa shape index (κ3) is 1.82. The lowest BCUT2D eigenvalue weighted by atomic mass is 9.94. The zero-order valence-electron chi connectivity index (χ0n) is 10.2. The summed E-state index contributed by atoms with van der Waals surface area (Å²) in [7, 11) is 0. The van der Waals surface area contributed by atoms with Gasteiger partial charge in [-0.1, -0.05) is 13.8 Å². The number of pyridine rings is 1. The number of aryl methyl sites for hydroxylation is 1. The molecule has 0 spiro atoms. The number of aromatic nitrogens is 1. The fraction of sp³-hybridized carbons (Fsp3) is 0.615. The van der Waals surface area contributed by atoms with Crippen LogP contribution in [0.3, 0.4) is 0 Å². The number of nitrogens with zero attached hydrogens (tertiary/aromatic N) is 1. The van der Waals surface area contributed by atoms with Gasteiger partial charge in [0.1, 0.15) is 0 Å². The van der Waals surface area contributed by atoms with Crippen LogP contribution in [0.1, 0.15) is 54.3 Å². The molecule has 78 valence electrons. The van der Waals surface area contributed by atoms with E-state index in [0.717, 1.165) is 6.42 Å². The second-order valence-corrected chi connectivity index (χ2v) is 4.27. The maximum Gasteiger partial charge on any atom is 0.0466 e. The summed E-state index contributed by atoms with van der Waals surface area (Å²) >= 11 is 0. The molecule has 0 aliphatic heterocycles. The monoisotopic (exact) mass is 191 g/mol. The Balaban J connectivity index is 3.33. The van der Waals surface area contributed by atoms with Crippen molar-refractivity contribution in [1.82, 2.24) is 4.98 Å². The van der Waals surface area contributed by atoms with E-state index < -0.39 is 0 Å². The van der Waals surface area contributed by atoms with Gasteiger partial charge in [-0.25, -0.2) is 0 Å². The third-order valence-corrected chi connectivity index (χ3v) is 3.42. The Hall–Kier alpha value is -0.850. The van der Waals surface area contributed by atoms with Crippen LogP contribution in [0, 0.1) is 27.7 Å². The van der Waals surface area contributed by atoms with Crippen molar-refractivity contribution in [1.29, 1.82) is 0 Å². The lowest BCUT2D eigenvalue weighted by molar-refractivity contribution is 0.695. The Morgan fingerprint density at radius 1 is 1.00 bits per heavy atom. The van der Waals surface area contributed by atoms with E-state index in [1.165, 1.54) is 28.1 Å². The summed E-state index contributed by atoms with van der Waals surface area (Å²) in [6.07, 6.45) is 1.16. The first-order valence-electron chi connectivity index (χ1n) is 5.43. The van der Waals surface area contributed by atoms with Gasteiger partial charge in [0, 0.05) is 11.4 Å². The van der Waals surface area contributed by atoms with Crippen molar-refractivity contribution in [3.8, 4) is 0 Å². The average molecular weight is 191 g/mol. The fourth-order valence-electron chi connectivity index (χ4n) is 1.77. The van der Waals surface area contributed by atoms with Gasteiger partial charge in [0.05, 0.1) is 0 Å². The number of hydrogen-bond acceptors (Lipinski definition) is 1. The average Bonchev–Trinajstić information content (AvgIpc) is 2.19. The molecule has 1 atom stereocenters. The van der Waals surface area contributed by atoms with Gasteiger partial charge in [0.2, 0.25) is 0 Å². The third-order valence-electron chi connectivity index (χ3n) is 3.42. The summed E-state index contributed by atoms with van der Waals surface area (Å²) in [5, 5.41) is 0. The van der Waals surface area contributed by atoms with E-state index in [1.807, 2.05) is 0 Å². The van der Waals surface area contributed by atoms with E-state index in [1.54, 1.807) is 0 Å². The molecule has 0 aliphatic rings. The van der Waals surface area contributed by atoms with Crippen LogP contribution in [0.5, 0.6) is 0 Å². The predicted octanol–water partition coefficient (Wildman–Crippen LogP) is 3.83. The molecule has 1 heterocycles. The normalized spacial score (nSPS) is 13.0. The second-order valence-electron chi connectivity index (χ2n) is 4.27. The summed E-state index contributed by atoms with van der Waals surface area (Å²) < 4.78 is 0. The van der Waals surface area contributed by atoms with Gasteiger partial charge in [0.25, 0.3) is 0 Å². The van der Waals surface area contributed by atoms with Crippen molar-refractivity contribution in [2.75, 3.05) is 0 Å². The van der Waals surface area contributed by atoms with E-state index in [2.05, 4.69) is 41.5 Å². The SMILES string of the molecule is CCC(C)c1nc(C)c(C)c(C)c1C. The highest BCUT2D eigenvalue weighted by atomic mass is 14.7. The Morgan fingerprint density at radius 3 is 2.07 bits per heavy atom. The molecule has 0 saturated heterocycles. The van der Waals surface area contributed by atoms with Crippen molar-refractivity contribution in [3.05, 3.63) is 28.1 Å². The van der Waals surface area contributed by atoms with Gasteiger partial charge in [-0.2, -0.15) is 0 Å². The first kappa shape index (κ1) is 11.2. The van der Waals surface area contributed by atoms with Crippen LogP contribution >= 0.6 is 0 Å². The molecule has 0 radical (unpaired) electrons. The van der Waals surface area contributed by atoms with E-state index in [4.69, 9.17) is 4.98 Å². The summed E-state index contributed by atoms with van der Waals surface area (Å²) in [4.78, 5) is 4.70. The van der Waals surface area contributed by atoms with Crippen LogP contribution < -0.4 is 0 Å². The molecule has 0 saturated carbocycles. The summed E-state index contributed by atoms with van der Waals surface area (Å²) in [5.74, 6) is 0.577. The Labute approximate surface area is 87.6 Å². The van der Waals surface area contributed by atoms with Gasteiger partial charge in [-0.15, -0.1) is 0 Å². The first-order chi connectivity index (χ1) is 6.49. The summed E-state index contributed by atoms with van der Waals surface area (Å²) in [6.45, 7) is 13.1. The highest BCUT2D eigenvalue weighted by Crippen LogP contribution is 2.25. The smallest absolute Gasteiger partial charge is 0.0466 e. The van der Waals surface area contributed by atoms with Crippen molar-refractivity contribution in [2.45, 2.75) is 53.9 Å². The molecular weight excluding hydrogens is 170 g/mol. The standard InChI is InChI=1S/C13H21N/c1-7-8(2)13-11(5)9(3)10(4)12(6)14-13/h8H,7H2,1-6H3. The minimum Gasteiger partial charge on any atom is -0.257 e. The minimum absolute atomic E-state index is 0.577. The zero-order chi connectivity index (χ0) is 10.9. The van der Waals surface area contributed by atoms with Gasteiger partial charge >= 0.3 is 0 Å². The maximum atomic E-state index is 4.70. The molecule has 1 nitrogen and oxygen atoms in total. The van der Waals surface area contributed by atoms with Crippen LogP contribution in [0.15, 0.2) is 0 Å². The Bertz CT molecular complexity index is 340. The van der Waals surface area contributed by atoms with E-state index in [-0.39, 0.29) is 0 Å². The fourth-order valence-corrected chi connectivity index (χ4v) is 1.77. The molecule has 1 heteroatoms. The Morgan fingerprint density at radius 2 is 1.57 bits per heavy atom. The molecule has 1 rings (SSSR count). The van der Waals surface area contributed by atoms with Gasteiger partial charge in [-0.3, -0.25) is 4.98 Å². The molecule has 0 bridgehead atoms. The highest BCUT2D eigenvalue weighted by molar-refractivity contribution is 5.38. The topological polar surface area (TPSA) is 12.9 Å². The van der Waals surface area contributed by atoms with Crippen molar-refractivity contribution >= 4 is 0 Å². The molecule has 1 aromatic rings. The second kappa shape index (κ2) is 4.12. The molecule has 0 aromatic carbocycles. The van der Waals surface area contributed by atoms with Crippen molar-refractivity contribution in [3.63, 3.8) is 0 Å². The molecule has 0 amide bonds. The van der Waals surface area contributed by atoms with Crippen molar-refractivity contribution in [2.24, 2.45) is 0 Å². The zero-order valence-corrected chi connectivity index (χ0v) is 10.2. The van der Waals surface area contributed by atoms with Crippen LogP contribution in [-0.2, 0) is 0 Å². The van der Waals surface area contributed by atoms with Gasteiger partial charge < -0.3 is 0 Å². The van der Waals surface area contributed by atoms with Crippen LogP contribution in [0.2, 0.25) is 0 Å². The predicted molar refractivity (Wildman–Crippen MR) is 61.9 cm³/mol. The van der Waals surface area contributed by atoms with E-state index in [0.29, 0.717) is 5.92 Å². The quantitative estimate of drug-likeness (QED) is 0.692. The largest absolute Gasteiger partial charge is 0.257 e. The van der Waals surface area contributed by atoms with Crippen LogP contribution in [0.25, 0.3) is 0 Å². The van der Waals surface area contributed by atoms with Gasteiger partial charge in [0.15, 0.2) is 0 Å². The van der Waals surface area contributed by atoms with E-state index >= 15 is 0 Å².